The Kier molecular flexibility index (Phi) is 3.73. The second kappa shape index (κ2) is 5.95. The molecule has 0 spiro atoms. The first kappa shape index (κ1) is 16.3. The van der Waals surface area contributed by atoms with Crippen molar-refractivity contribution in [2.45, 2.75) is 20.4 Å². The highest BCUT2D eigenvalue weighted by molar-refractivity contribution is 7.18. The molecule has 1 amide bonds. The molecule has 3 aromatic heterocycles. The number of imidazole rings is 1. The van der Waals surface area contributed by atoms with Gasteiger partial charge in [0, 0.05) is 10.6 Å². The van der Waals surface area contributed by atoms with E-state index in [1.165, 1.54) is 22.2 Å². The van der Waals surface area contributed by atoms with Crippen molar-refractivity contribution in [3.63, 3.8) is 0 Å². The van der Waals surface area contributed by atoms with Crippen molar-refractivity contribution in [2.24, 2.45) is 0 Å². The maximum atomic E-state index is 12.6. The molecule has 4 aromatic rings. The average Bonchev–Trinajstić information content (AvgIpc) is 3.09. The number of nitrogens with zero attached hydrogens (tertiary/aromatic N) is 2. The maximum Gasteiger partial charge on any atom is 0.323 e. The molecular weight excluding hydrogens is 354 g/mol. The number of benzene rings is 1. The van der Waals surface area contributed by atoms with Gasteiger partial charge in [0.15, 0.2) is 0 Å². The molecule has 0 saturated carbocycles. The summed E-state index contributed by atoms with van der Waals surface area (Å²) in [5.74, 6) is -0.352. The number of hydrogen-bond acceptors (Lipinski definition) is 5. The molecule has 132 valence electrons. The molecular formula is C17H15N5O3S. The van der Waals surface area contributed by atoms with Crippen LogP contribution < -0.4 is 16.6 Å². The second-order valence-corrected chi connectivity index (χ2v) is 7.23. The Morgan fingerprint density at radius 3 is 2.81 bits per heavy atom. The molecule has 0 fully saturated rings. The van der Waals surface area contributed by atoms with Crippen molar-refractivity contribution in [1.82, 2.24) is 19.5 Å². The molecule has 8 nitrogen and oxygen atoms in total. The maximum absolute atomic E-state index is 12.6. The van der Waals surface area contributed by atoms with Gasteiger partial charge in [-0.05, 0) is 37.6 Å². The van der Waals surface area contributed by atoms with Crippen molar-refractivity contribution in [3.8, 4) is 0 Å². The zero-order valence-corrected chi connectivity index (χ0v) is 14.9. The summed E-state index contributed by atoms with van der Waals surface area (Å²) in [6.45, 7) is 3.69. The topological polar surface area (TPSA) is 113 Å². The largest absolute Gasteiger partial charge is 0.324 e. The van der Waals surface area contributed by atoms with Gasteiger partial charge in [0.2, 0.25) is 5.91 Å². The van der Waals surface area contributed by atoms with Crippen LogP contribution in [-0.4, -0.2) is 25.4 Å². The van der Waals surface area contributed by atoms with E-state index in [1.54, 1.807) is 18.2 Å². The van der Waals surface area contributed by atoms with Gasteiger partial charge < -0.3 is 15.3 Å². The number of aromatic amines is 2. The van der Waals surface area contributed by atoms with E-state index in [0.717, 1.165) is 10.4 Å². The van der Waals surface area contributed by atoms with Crippen LogP contribution in [0.3, 0.4) is 0 Å². The molecule has 0 atom stereocenters. The van der Waals surface area contributed by atoms with E-state index in [0.29, 0.717) is 26.9 Å². The van der Waals surface area contributed by atoms with Crippen LogP contribution in [0.25, 0.3) is 21.3 Å². The monoisotopic (exact) mass is 369 g/mol. The number of fused-ring (bicyclic) bond motifs is 2. The van der Waals surface area contributed by atoms with Crippen LogP contribution in [0.15, 0.2) is 34.1 Å². The Hall–Kier alpha value is -3.20. The molecule has 0 aliphatic heterocycles. The normalized spacial score (nSPS) is 11.3. The first-order chi connectivity index (χ1) is 12.4. The van der Waals surface area contributed by atoms with Crippen molar-refractivity contribution in [3.05, 3.63) is 55.8 Å². The number of aryl methyl sites for hydroxylation is 2. The molecule has 3 N–H and O–H groups in total. The van der Waals surface area contributed by atoms with Gasteiger partial charge >= 0.3 is 5.69 Å². The van der Waals surface area contributed by atoms with E-state index >= 15 is 0 Å². The van der Waals surface area contributed by atoms with Gasteiger partial charge in [-0.2, -0.15) is 0 Å². The molecule has 4 rings (SSSR count). The quantitative estimate of drug-likeness (QED) is 0.512. The Bertz CT molecular complexity index is 1280. The molecule has 0 bridgehead atoms. The Balaban J connectivity index is 1.60. The third kappa shape index (κ3) is 2.72. The summed E-state index contributed by atoms with van der Waals surface area (Å²) >= 11 is 1.47. The number of hydrogen-bond donors (Lipinski definition) is 3. The molecule has 0 radical (unpaired) electrons. The summed E-state index contributed by atoms with van der Waals surface area (Å²) in [5, 5.41) is 3.29. The van der Waals surface area contributed by atoms with Gasteiger partial charge in [-0.3, -0.25) is 14.2 Å². The number of carbonyl (C=O) groups is 1. The van der Waals surface area contributed by atoms with Crippen molar-refractivity contribution in [1.29, 1.82) is 0 Å². The number of rotatable bonds is 3. The van der Waals surface area contributed by atoms with Crippen LogP contribution in [0.5, 0.6) is 0 Å². The zero-order valence-electron chi connectivity index (χ0n) is 14.0. The molecule has 3 heterocycles. The van der Waals surface area contributed by atoms with Gasteiger partial charge in [0.1, 0.15) is 11.4 Å². The smallest absolute Gasteiger partial charge is 0.323 e. The number of H-pyrrole nitrogens is 2. The standard InChI is InChI=1S/C17H15N5O3S/c1-8-9(2)26-15-14(8)16(24)22(7-18-15)6-13(23)19-10-3-4-11-12(5-10)21-17(25)20-11/h3-5,7H,6H2,1-2H3,(H,19,23)(H2,20,21,25). The predicted octanol–water partition coefficient (Wildman–Crippen LogP) is 1.88. The van der Waals surface area contributed by atoms with Gasteiger partial charge in [-0.25, -0.2) is 9.78 Å². The average molecular weight is 369 g/mol. The summed E-state index contributed by atoms with van der Waals surface area (Å²) in [5.41, 5.74) is 2.15. The number of nitrogens with one attached hydrogen (secondary N) is 3. The zero-order chi connectivity index (χ0) is 18.4. The Morgan fingerprint density at radius 1 is 1.23 bits per heavy atom. The lowest BCUT2D eigenvalue weighted by atomic mass is 10.2. The summed E-state index contributed by atoms with van der Waals surface area (Å²) in [6, 6.07) is 5.03. The number of aromatic nitrogens is 4. The van der Waals surface area contributed by atoms with E-state index in [9.17, 15) is 14.4 Å². The minimum Gasteiger partial charge on any atom is -0.324 e. The Labute approximate surface area is 150 Å². The highest BCUT2D eigenvalue weighted by Gasteiger charge is 2.14. The van der Waals surface area contributed by atoms with Gasteiger partial charge in [0.05, 0.1) is 22.7 Å². The minimum atomic E-state index is -0.352. The van der Waals surface area contributed by atoms with Crippen LogP contribution >= 0.6 is 11.3 Å². The van der Waals surface area contributed by atoms with Gasteiger partial charge in [0.25, 0.3) is 5.56 Å². The Morgan fingerprint density at radius 2 is 2.00 bits per heavy atom. The summed E-state index contributed by atoms with van der Waals surface area (Å²) in [6.07, 6.45) is 1.40. The van der Waals surface area contributed by atoms with Gasteiger partial charge in [-0.1, -0.05) is 0 Å². The van der Waals surface area contributed by atoms with Crippen LogP contribution in [0, 0.1) is 13.8 Å². The molecule has 0 aliphatic rings. The molecule has 1 aromatic carbocycles. The van der Waals surface area contributed by atoms with Gasteiger partial charge in [-0.15, -0.1) is 11.3 Å². The summed E-state index contributed by atoms with van der Waals surface area (Å²) in [7, 11) is 0. The highest BCUT2D eigenvalue weighted by atomic mass is 32.1. The van der Waals surface area contributed by atoms with E-state index in [1.807, 2.05) is 13.8 Å². The minimum absolute atomic E-state index is 0.141. The van der Waals surface area contributed by atoms with Crippen LogP contribution in [0.4, 0.5) is 5.69 Å². The fourth-order valence-electron chi connectivity index (χ4n) is 2.85. The first-order valence-corrected chi connectivity index (χ1v) is 8.71. The number of carbonyl (C=O) groups excluding carboxylic acids is 1. The highest BCUT2D eigenvalue weighted by Crippen LogP contribution is 2.25. The molecule has 0 saturated heterocycles. The molecule has 0 unspecified atom stereocenters. The predicted molar refractivity (Wildman–Crippen MR) is 101 cm³/mol. The number of thiophene rings is 1. The molecule has 0 aliphatic carbocycles. The lowest BCUT2D eigenvalue weighted by Gasteiger charge is -2.07. The van der Waals surface area contributed by atoms with Crippen molar-refractivity contribution in [2.75, 3.05) is 5.32 Å². The van der Waals surface area contributed by atoms with Crippen LogP contribution in [0.1, 0.15) is 10.4 Å². The van der Waals surface area contributed by atoms with E-state index < -0.39 is 0 Å². The van der Waals surface area contributed by atoms with Crippen LogP contribution in [0.2, 0.25) is 0 Å². The summed E-state index contributed by atoms with van der Waals surface area (Å²) in [4.78, 5) is 47.5. The fraction of sp³-hybridized carbons (Fsp3) is 0.176. The fourth-order valence-corrected chi connectivity index (χ4v) is 3.84. The SMILES string of the molecule is Cc1sc2ncn(CC(=O)Nc3ccc4[nH]c(=O)[nH]c4c3)c(=O)c2c1C. The third-order valence-corrected chi connectivity index (χ3v) is 5.38. The van der Waals surface area contributed by atoms with Crippen LogP contribution in [-0.2, 0) is 11.3 Å². The van der Waals surface area contributed by atoms with E-state index in [2.05, 4.69) is 20.3 Å². The number of anilines is 1. The van der Waals surface area contributed by atoms with E-state index in [-0.39, 0.29) is 23.7 Å². The van der Waals surface area contributed by atoms with Crippen molar-refractivity contribution < 1.29 is 4.79 Å². The number of amides is 1. The van der Waals surface area contributed by atoms with E-state index in [4.69, 9.17) is 0 Å². The second-order valence-electron chi connectivity index (χ2n) is 6.03. The lowest BCUT2D eigenvalue weighted by molar-refractivity contribution is -0.116. The molecule has 26 heavy (non-hydrogen) atoms. The summed E-state index contributed by atoms with van der Waals surface area (Å²) < 4.78 is 1.30. The first-order valence-electron chi connectivity index (χ1n) is 7.89. The lowest BCUT2D eigenvalue weighted by Crippen LogP contribution is -2.27. The third-order valence-electron chi connectivity index (χ3n) is 4.27. The van der Waals surface area contributed by atoms with Crippen molar-refractivity contribution >= 4 is 44.2 Å². The molecule has 9 heteroatoms.